The van der Waals surface area contributed by atoms with Crippen LogP contribution >= 0.6 is 11.8 Å². The van der Waals surface area contributed by atoms with Gasteiger partial charge in [-0.15, -0.1) is 16.8 Å². The van der Waals surface area contributed by atoms with E-state index in [2.05, 4.69) is 22.1 Å². The molecule has 2 heterocycles. The van der Waals surface area contributed by atoms with Crippen LogP contribution in [0.1, 0.15) is 20.8 Å². The van der Waals surface area contributed by atoms with Gasteiger partial charge in [-0.1, -0.05) is 42.1 Å². The summed E-state index contributed by atoms with van der Waals surface area (Å²) in [7, 11) is 1.61. The molecule has 1 aliphatic rings. The molecule has 9 heteroatoms. The van der Waals surface area contributed by atoms with E-state index in [1.807, 2.05) is 54.0 Å². The predicted octanol–water partition coefficient (Wildman–Crippen LogP) is 4.38. The quantitative estimate of drug-likeness (QED) is 0.401. The van der Waals surface area contributed by atoms with Crippen molar-refractivity contribution in [1.29, 1.82) is 0 Å². The molecule has 0 fully saturated rings. The molecule has 1 aromatic heterocycles. The molecule has 2 amide bonds. The third-order valence-electron chi connectivity index (χ3n) is 5.73. The highest BCUT2D eigenvalue weighted by molar-refractivity contribution is 8.00. The number of carbonyl (C=O) groups is 2. The molecule has 176 valence electrons. The summed E-state index contributed by atoms with van der Waals surface area (Å²) in [4.78, 5) is 28.1. The Morgan fingerprint density at radius 3 is 2.65 bits per heavy atom. The van der Waals surface area contributed by atoms with Gasteiger partial charge in [0.25, 0.3) is 0 Å². The van der Waals surface area contributed by atoms with E-state index in [1.165, 1.54) is 11.8 Å². The van der Waals surface area contributed by atoms with Crippen LogP contribution < -0.4 is 15.0 Å². The number of carbonyl (C=O) groups excluding carboxylic acids is 2. The number of hydrogen-bond donors (Lipinski definition) is 1. The standard InChI is InChI=1S/C25H27N5O3S/c1-6-15-29-21(17-11-7-10-14-20(17)33-5)27-28-24(29)34-16(2)22(31)30-19-13-9-8-12-18(19)26-23(32)25(30,3)4/h6-14,16H,1,15H2,2-5H3,(H,26,32). The van der Waals surface area contributed by atoms with E-state index in [1.54, 1.807) is 38.0 Å². The smallest absolute Gasteiger partial charge is 0.250 e. The predicted molar refractivity (Wildman–Crippen MR) is 134 cm³/mol. The fourth-order valence-corrected chi connectivity index (χ4v) is 4.83. The van der Waals surface area contributed by atoms with Crippen molar-refractivity contribution in [2.24, 2.45) is 0 Å². The molecule has 4 rings (SSSR count). The van der Waals surface area contributed by atoms with Crippen LogP contribution in [-0.2, 0) is 16.1 Å². The Morgan fingerprint density at radius 2 is 1.91 bits per heavy atom. The summed E-state index contributed by atoms with van der Waals surface area (Å²) in [5, 5.41) is 11.7. The Morgan fingerprint density at radius 1 is 1.21 bits per heavy atom. The zero-order valence-electron chi connectivity index (χ0n) is 19.6. The number of amides is 2. The Bertz CT molecular complexity index is 1250. The first-order valence-corrected chi connectivity index (χ1v) is 11.8. The van der Waals surface area contributed by atoms with Crippen molar-refractivity contribution in [1.82, 2.24) is 14.8 Å². The van der Waals surface area contributed by atoms with Crippen LogP contribution in [0.15, 0.2) is 66.3 Å². The molecule has 0 spiro atoms. The SMILES string of the molecule is C=CCn1c(SC(C)C(=O)N2c3ccccc3NC(=O)C2(C)C)nnc1-c1ccccc1OC. The summed E-state index contributed by atoms with van der Waals surface area (Å²) in [5.41, 5.74) is 1.04. The highest BCUT2D eigenvalue weighted by Gasteiger charge is 2.45. The second-order valence-corrected chi connectivity index (χ2v) is 9.68. The van der Waals surface area contributed by atoms with Gasteiger partial charge in [0.15, 0.2) is 11.0 Å². The lowest BCUT2D eigenvalue weighted by atomic mass is 9.96. The Hall–Kier alpha value is -3.59. The van der Waals surface area contributed by atoms with Crippen molar-refractivity contribution in [3.05, 3.63) is 61.2 Å². The molecule has 1 N–H and O–H groups in total. The van der Waals surface area contributed by atoms with Gasteiger partial charge in [-0.2, -0.15) is 0 Å². The Balaban J connectivity index is 1.67. The van der Waals surface area contributed by atoms with Crippen molar-refractivity contribution in [3.8, 4) is 17.1 Å². The Labute approximate surface area is 203 Å². The number of fused-ring (bicyclic) bond motifs is 1. The van der Waals surface area contributed by atoms with Gasteiger partial charge < -0.3 is 10.1 Å². The summed E-state index contributed by atoms with van der Waals surface area (Å²) in [6, 6.07) is 14.9. The molecule has 1 unspecified atom stereocenters. The highest BCUT2D eigenvalue weighted by atomic mass is 32.2. The number of nitrogens with zero attached hydrogens (tertiary/aromatic N) is 4. The maximum atomic E-state index is 13.7. The van der Waals surface area contributed by atoms with Gasteiger partial charge >= 0.3 is 0 Å². The Kier molecular flexibility index (Phi) is 6.47. The topological polar surface area (TPSA) is 89.4 Å². The second kappa shape index (κ2) is 9.34. The molecule has 0 radical (unpaired) electrons. The zero-order chi connectivity index (χ0) is 24.5. The van der Waals surface area contributed by atoms with Crippen LogP contribution in [0.3, 0.4) is 0 Å². The van der Waals surface area contributed by atoms with E-state index in [0.29, 0.717) is 34.6 Å². The van der Waals surface area contributed by atoms with Gasteiger partial charge in [-0.25, -0.2) is 0 Å². The molecule has 0 bridgehead atoms. The maximum absolute atomic E-state index is 13.7. The number of ether oxygens (including phenoxy) is 1. The first-order valence-electron chi connectivity index (χ1n) is 10.9. The van der Waals surface area contributed by atoms with E-state index >= 15 is 0 Å². The second-order valence-electron chi connectivity index (χ2n) is 8.37. The number of benzene rings is 2. The molecular weight excluding hydrogens is 450 g/mol. The molecule has 0 aliphatic carbocycles. The lowest BCUT2D eigenvalue weighted by Crippen LogP contribution is -2.60. The summed E-state index contributed by atoms with van der Waals surface area (Å²) in [6.07, 6.45) is 1.76. The van der Waals surface area contributed by atoms with Crippen LogP contribution in [0.5, 0.6) is 5.75 Å². The molecule has 3 aromatic rings. The van der Waals surface area contributed by atoms with Crippen LogP contribution in [0.25, 0.3) is 11.4 Å². The van der Waals surface area contributed by atoms with E-state index in [9.17, 15) is 9.59 Å². The largest absolute Gasteiger partial charge is 0.496 e. The van der Waals surface area contributed by atoms with Gasteiger partial charge in [0.05, 0.1) is 29.3 Å². The van der Waals surface area contributed by atoms with Crippen molar-refractivity contribution in [2.75, 3.05) is 17.3 Å². The zero-order valence-corrected chi connectivity index (χ0v) is 20.4. The molecule has 1 aliphatic heterocycles. The van der Waals surface area contributed by atoms with Gasteiger partial charge in [-0.05, 0) is 45.0 Å². The van der Waals surface area contributed by atoms with Crippen LogP contribution in [-0.4, -0.2) is 44.5 Å². The lowest BCUT2D eigenvalue weighted by molar-refractivity contribution is -0.126. The summed E-state index contributed by atoms with van der Waals surface area (Å²) < 4.78 is 7.40. The minimum Gasteiger partial charge on any atom is -0.496 e. The van der Waals surface area contributed by atoms with Crippen LogP contribution in [0.2, 0.25) is 0 Å². The number of rotatable bonds is 7. The summed E-state index contributed by atoms with van der Waals surface area (Å²) >= 11 is 1.30. The van der Waals surface area contributed by atoms with Crippen molar-refractivity contribution in [2.45, 2.75) is 43.3 Å². The minimum absolute atomic E-state index is 0.190. The number of aromatic nitrogens is 3. The van der Waals surface area contributed by atoms with Gasteiger partial charge in [0.2, 0.25) is 11.8 Å². The molecule has 2 aromatic carbocycles. The fourth-order valence-electron chi connectivity index (χ4n) is 3.93. The van der Waals surface area contributed by atoms with Gasteiger partial charge in [0, 0.05) is 6.54 Å². The number of hydrogen-bond acceptors (Lipinski definition) is 6. The summed E-state index contributed by atoms with van der Waals surface area (Å²) in [6.45, 7) is 9.62. The maximum Gasteiger partial charge on any atom is 0.250 e. The molecular formula is C25H27N5O3S. The average Bonchev–Trinajstić information content (AvgIpc) is 3.21. The average molecular weight is 478 g/mol. The number of thioether (sulfide) groups is 1. The van der Waals surface area contributed by atoms with E-state index in [-0.39, 0.29) is 11.8 Å². The highest BCUT2D eigenvalue weighted by Crippen LogP contribution is 2.39. The van der Waals surface area contributed by atoms with Gasteiger partial charge in [-0.3, -0.25) is 19.1 Å². The first kappa shape index (κ1) is 23.6. The third kappa shape index (κ3) is 4.07. The van der Waals surface area contributed by atoms with Gasteiger partial charge in [0.1, 0.15) is 11.3 Å². The van der Waals surface area contributed by atoms with E-state index in [0.717, 1.165) is 5.56 Å². The summed E-state index contributed by atoms with van der Waals surface area (Å²) in [5.74, 6) is 0.885. The molecule has 34 heavy (non-hydrogen) atoms. The number of anilines is 2. The van der Waals surface area contributed by atoms with Crippen LogP contribution in [0.4, 0.5) is 11.4 Å². The van der Waals surface area contributed by atoms with Crippen molar-refractivity contribution >= 4 is 35.0 Å². The number of nitrogens with one attached hydrogen (secondary N) is 1. The number of para-hydroxylation sites is 3. The number of methoxy groups -OCH3 is 1. The molecule has 0 saturated carbocycles. The normalized spacial score (nSPS) is 15.3. The first-order chi connectivity index (χ1) is 16.3. The molecule has 8 nitrogen and oxygen atoms in total. The molecule has 0 saturated heterocycles. The fraction of sp³-hybridized carbons (Fsp3) is 0.280. The lowest BCUT2D eigenvalue weighted by Gasteiger charge is -2.43. The minimum atomic E-state index is -1.04. The molecule has 1 atom stereocenters. The van der Waals surface area contributed by atoms with Crippen molar-refractivity contribution in [3.63, 3.8) is 0 Å². The number of allylic oxidation sites excluding steroid dienone is 1. The van der Waals surface area contributed by atoms with E-state index in [4.69, 9.17) is 4.74 Å². The van der Waals surface area contributed by atoms with Crippen molar-refractivity contribution < 1.29 is 14.3 Å². The monoisotopic (exact) mass is 477 g/mol. The third-order valence-corrected chi connectivity index (χ3v) is 6.80. The van der Waals surface area contributed by atoms with Crippen LogP contribution in [0, 0.1) is 0 Å². The van der Waals surface area contributed by atoms with E-state index < -0.39 is 10.8 Å².